The molecule has 2 rings (SSSR count). The summed E-state index contributed by atoms with van der Waals surface area (Å²) in [6, 6.07) is 0. The van der Waals surface area contributed by atoms with Crippen LogP contribution in [-0.2, 0) is 14.3 Å². The molecule has 0 aliphatic carbocycles. The Kier molecular flexibility index (Phi) is 4.58. The van der Waals surface area contributed by atoms with E-state index in [1.54, 1.807) is 7.05 Å². The van der Waals surface area contributed by atoms with Gasteiger partial charge in [-0.15, -0.1) is 0 Å². The quantitative estimate of drug-likeness (QED) is 0.793. The van der Waals surface area contributed by atoms with Gasteiger partial charge in [0.15, 0.2) is 0 Å². The second-order valence-electron chi connectivity index (χ2n) is 5.20. The van der Waals surface area contributed by atoms with Gasteiger partial charge in [0.25, 0.3) is 0 Å². The Hall–Kier alpha value is -1.10. The molecule has 0 bridgehead atoms. The third-order valence-corrected chi connectivity index (χ3v) is 3.92. The second-order valence-corrected chi connectivity index (χ2v) is 5.20. The Balaban J connectivity index is 1.80. The van der Waals surface area contributed by atoms with Crippen LogP contribution in [0.25, 0.3) is 0 Å². The zero-order chi connectivity index (χ0) is 13.0. The molecule has 2 amide bonds. The van der Waals surface area contributed by atoms with Gasteiger partial charge in [0.2, 0.25) is 11.8 Å². The summed E-state index contributed by atoms with van der Waals surface area (Å²) in [5, 5.41) is 2.64. The van der Waals surface area contributed by atoms with Crippen molar-refractivity contribution in [3.8, 4) is 0 Å². The lowest BCUT2D eigenvalue weighted by Gasteiger charge is -2.26. The summed E-state index contributed by atoms with van der Waals surface area (Å²) >= 11 is 0. The predicted molar refractivity (Wildman–Crippen MR) is 66.9 cm³/mol. The number of likely N-dealkylation sites (tertiary alicyclic amines) is 1. The molecular weight excluding hydrogens is 232 g/mol. The van der Waals surface area contributed by atoms with Crippen LogP contribution in [0.1, 0.15) is 25.7 Å². The van der Waals surface area contributed by atoms with Crippen molar-refractivity contribution < 1.29 is 14.3 Å². The lowest BCUT2D eigenvalue weighted by atomic mass is 9.99. The highest BCUT2D eigenvalue weighted by Gasteiger charge is 2.32. The summed E-state index contributed by atoms with van der Waals surface area (Å²) in [5.41, 5.74) is 0. The first-order valence-corrected chi connectivity index (χ1v) is 6.78. The molecule has 0 aromatic rings. The molecule has 5 nitrogen and oxygen atoms in total. The molecule has 2 heterocycles. The minimum Gasteiger partial charge on any atom is -0.381 e. The first-order chi connectivity index (χ1) is 8.70. The zero-order valence-electron chi connectivity index (χ0n) is 11.0. The highest BCUT2D eigenvalue weighted by atomic mass is 16.5. The number of rotatable bonds is 3. The van der Waals surface area contributed by atoms with E-state index in [2.05, 4.69) is 5.32 Å². The third kappa shape index (κ3) is 3.22. The van der Waals surface area contributed by atoms with Gasteiger partial charge in [-0.1, -0.05) is 0 Å². The third-order valence-electron chi connectivity index (χ3n) is 3.92. The van der Waals surface area contributed by atoms with Crippen LogP contribution in [0.4, 0.5) is 0 Å². The largest absolute Gasteiger partial charge is 0.381 e. The average molecular weight is 254 g/mol. The van der Waals surface area contributed by atoms with E-state index in [9.17, 15) is 9.59 Å². The average Bonchev–Trinajstić information content (AvgIpc) is 2.87. The molecule has 2 aliphatic rings. The molecule has 0 aromatic heterocycles. The maximum absolute atomic E-state index is 12.3. The van der Waals surface area contributed by atoms with E-state index in [1.807, 2.05) is 4.90 Å². The van der Waals surface area contributed by atoms with E-state index in [4.69, 9.17) is 4.74 Å². The van der Waals surface area contributed by atoms with Gasteiger partial charge in [-0.3, -0.25) is 9.59 Å². The van der Waals surface area contributed by atoms with E-state index >= 15 is 0 Å². The Bertz CT molecular complexity index is 313. The number of hydrogen-bond acceptors (Lipinski definition) is 3. The second kappa shape index (κ2) is 6.18. The number of nitrogens with one attached hydrogen (secondary N) is 1. The molecule has 2 saturated heterocycles. The normalized spacial score (nSPS) is 25.2. The van der Waals surface area contributed by atoms with Gasteiger partial charge in [-0.25, -0.2) is 0 Å². The lowest BCUT2D eigenvalue weighted by Crippen LogP contribution is -2.37. The molecule has 0 aromatic carbocycles. The molecule has 5 heteroatoms. The van der Waals surface area contributed by atoms with Crippen LogP contribution < -0.4 is 5.32 Å². The fourth-order valence-corrected chi connectivity index (χ4v) is 2.77. The molecular formula is C13H22N2O3. The van der Waals surface area contributed by atoms with Crippen molar-refractivity contribution in [3.05, 3.63) is 0 Å². The van der Waals surface area contributed by atoms with Crippen molar-refractivity contribution >= 4 is 11.8 Å². The molecule has 2 fully saturated rings. The Morgan fingerprint density at radius 3 is 2.67 bits per heavy atom. The van der Waals surface area contributed by atoms with Gasteiger partial charge in [0.05, 0.1) is 0 Å². The van der Waals surface area contributed by atoms with Crippen molar-refractivity contribution in [2.75, 3.05) is 33.4 Å². The van der Waals surface area contributed by atoms with E-state index in [-0.39, 0.29) is 17.7 Å². The molecule has 18 heavy (non-hydrogen) atoms. The summed E-state index contributed by atoms with van der Waals surface area (Å²) < 4.78 is 5.28. The van der Waals surface area contributed by atoms with Crippen LogP contribution in [-0.4, -0.2) is 50.1 Å². The van der Waals surface area contributed by atoms with E-state index in [0.29, 0.717) is 25.6 Å². The minimum atomic E-state index is 0.0698. The van der Waals surface area contributed by atoms with Crippen LogP contribution in [0.5, 0.6) is 0 Å². The lowest BCUT2D eigenvalue weighted by molar-refractivity contribution is -0.137. The maximum Gasteiger partial charge on any atom is 0.225 e. The van der Waals surface area contributed by atoms with Crippen LogP contribution in [0.2, 0.25) is 0 Å². The van der Waals surface area contributed by atoms with Gasteiger partial charge < -0.3 is 15.0 Å². The monoisotopic (exact) mass is 254 g/mol. The van der Waals surface area contributed by atoms with Crippen molar-refractivity contribution in [1.82, 2.24) is 10.2 Å². The van der Waals surface area contributed by atoms with Crippen molar-refractivity contribution in [2.24, 2.45) is 11.8 Å². The number of carbonyl (C=O) groups excluding carboxylic acids is 2. The van der Waals surface area contributed by atoms with E-state index < -0.39 is 0 Å². The van der Waals surface area contributed by atoms with Crippen LogP contribution in [0.3, 0.4) is 0 Å². The summed E-state index contributed by atoms with van der Waals surface area (Å²) in [4.78, 5) is 25.5. The first-order valence-electron chi connectivity index (χ1n) is 6.78. The zero-order valence-corrected chi connectivity index (χ0v) is 11.0. The molecule has 2 aliphatic heterocycles. The van der Waals surface area contributed by atoms with E-state index in [1.165, 1.54) is 0 Å². The standard InChI is InChI=1S/C13H22N2O3/c1-14-12(16)8-10-2-5-15(9-10)13(17)11-3-6-18-7-4-11/h10-11H,2-9H2,1H3,(H,14,16)/t10-/m0/s1. The molecule has 0 saturated carbocycles. The fourth-order valence-electron chi connectivity index (χ4n) is 2.77. The van der Waals surface area contributed by atoms with Crippen LogP contribution in [0, 0.1) is 11.8 Å². The van der Waals surface area contributed by atoms with Gasteiger partial charge in [-0.2, -0.15) is 0 Å². The Morgan fingerprint density at radius 2 is 2.00 bits per heavy atom. The molecule has 0 spiro atoms. The van der Waals surface area contributed by atoms with Crippen molar-refractivity contribution in [2.45, 2.75) is 25.7 Å². The highest BCUT2D eigenvalue weighted by Crippen LogP contribution is 2.24. The van der Waals surface area contributed by atoms with Crippen molar-refractivity contribution in [3.63, 3.8) is 0 Å². The maximum atomic E-state index is 12.3. The van der Waals surface area contributed by atoms with Gasteiger partial charge in [0.1, 0.15) is 0 Å². The van der Waals surface area contributed by atoms with Gasteiger partial charge in [0, 0.05) is 45.7 Å². The SMILES string of the molecule is CNC(=O)C[C@@H]1CCN(C(=O)C2CCOCC2)C1. The van der Waals surface area contributed by atoms with Gasteiger partial charge in [-0.05, 0) is 25.2 Å². The Labute approximate surface area is 108 Å². The molecule has 1 atom stereocenters. The number of carbonyl (C=O) groups is 2. The van der Waals surface area contributed by atoms with Crippen LogP contribution >= 0.6 is 0 Å². The first kappa shape index (κ1) is 13.3. The molecule has 1 N–H and O–H groups in total. The van der Waals surface area contributed by atoms with Gasteiger partial charge >= 0.3 is 0 Å². The number of ether oxygens (including phenoxy) is 1. The molecule has 0 unspecified atom stereocenters. The fraction of sp³-hybridized carbons (Fsp3) is 0.846. The molecule has 0 radical (unpaired) electrons. The summed E-state index contributed by atoms with van der Waals surface area (Å²) in [5.74, 6) is 0.796. The summed E-state index contributed by atoms with van der Waals surface area (Å²) in [6.45, 7) is 2.94. The number of nitrogens with zero attached hydrogens (tertiary/aromatic N) is 1. The smallest absolute Gasteiger partial charge is 0.225 e. The van der Waals surface area contributed by atoms with Crippen LogP contribution in [0.15, 0.2) is 0 Å². The number of hydrogen-bond donors (Lipinski definition) is 1. The topological polar surface area (TPSA) is 58.6 Å². The highest BCUT2D eigenvalue weighted by molar-refractivity contribution is 5.79. The van der Waals surface area contributed by atoms with Crippen molar-refractivity contribution in [1.29, 1.82) is 0 Å². The molecule has 102 valence electrons. The summed E-state index contributed by atoms with van der Waals surface area (Å²) in [6.07, 6.45) is 3.17. The number of amides is 2. The Morgan fingerprint density at radius 1 is 1.28 bits per heavy atom. The van der Waals surface area contributed by atoms with E-state index in [0.717, 1.165) is 32.4 Å². The predicted octanol–water partition coefficient (Wildman–Crippen LogP) is 0.398. The minimum absolute atomic E-state index is 0.0698. The summed E-state index contributed by atoms with van der Waals surface area (Å²) in [7, 11) is 1.65.